The maximum Gasteiger partial charge on any atom is 0.145 e. The summed E-state index contributed by atoms with van der Waals surface area (Å²) in [6.45, 7) is 2.09. The average Bonchev–Trinajstić information content (AvgIpc) is 2.20. The Hall–Kier alpha value is -1.20. The standard InChI is InChI=1S/C11H13ClN2/c1-3-6-9(4-2)14-11-10(12)7-5-8-13-11/h2,5,7-9H,3,6H2,1H3,(H,13,14). The first-order chi connectivity index (χ1) is 6.77. The normalized spacial score (nSPS) is 11.8. The van der Waals surface area contributed by atoms with Crippen LogP contribution in [0.2, 0.25) is 5.02 Å². The Morgan fingerprint density at radius 1 is 1.71 bits per heavy atom. The fourth-order valence-corrected chi connectivity index (χ4v) is 1.32. The van der Waals surface area contributed by atoms with E-state index in [9.17, 15) is 0 Å². The van der Waals surface area contributed by atoms with Crippen molar-refractivity contribution in [2.75, 3.05) is 5.32 Å². The molecule has 0 aliphatic rings. The van der Waals surface area contributed by atoms with Crippen molar-refractivity contribution in [3.8, 4) is 12.3 Å². The van der Waals surface area contributed by atoms with E-state index in [1.807, 2.05) is 0 Å². The highest BCUT2D eigenvalue weighted by molar-refractivity contribution is 6.32. The van der Waals surface area contributed by atoms with Crippen molar-refractivity contribution >= 4 is 17.4 Å². The summed E-state index contributed by atoms with van der Waals surface area (Å²) in [5, 5.41) is 3.72. The van der Waals surface area contributed by atoms with E-state index >= 15 is 0 Å². The summed E-state index contributed by atoms with van der Waals surface area (Å²) < 4.78 is 0. The van der Waals surface area contributed by atoms with Crippen LogP contribution in [0.1, 0.15) is 19.8 Å². The number of pyridine rings is 1. The third-order valence-corrected chi connectivity index (χ3v) is 2.15. The van der Waals surface area contributed by atoms with E-state index < -0.39 is 0 Å². The minimum atomic E-state index is 0.00685. The van der Waals surface area contributed by atoms with Gasteiger partial charge in [-0.3, -0.25) is 0 Å². The second-order valence-electron chi connectivity index (χ2n) is 2.99. The number of hydrogen-bond donors (Lipinski definition) is 1. The van der Waals surface area contributed by atoms with Gasteiger partial charge in [0.25, 0.3) is 0 Å². The van der Waals surface area contributed by atoms with Gasteiger partial charge in [-0.1, -0.05) is 30.9 Å². The quantitative estimate of drug-likeness (QED) is 0.770. The molecule has 0 aliphatic carbocycles. The summed E-state index contributed by atoms with van der Waals surface area (Å²) >= 11 is 5.93. The molecule has 3 heteroatoms. The number of nitrogens with zero attached hydrogens (tertiary/aromatic N) is 1. The molecule has 1 aromatic rings. The van der Waals surface area contributed by atoms with Crippen LogP contribution in [0, 0.1) is 12.3 Å². The first-order valence-electron chi connectivity index (χ1n) is 4.61. The summed E-state index contributed by atoms with van der Waals surface area (Å²) in [5.41, 5.74) is 0. The van der Waals surface area contributed by atoms with E-state index in [1.54, 1.807) is 18.3 Å². The molecule has 0 aromatic carbocycles. The molecule has 0 radical (unpaired) electrons. The first-order valence-corrected chi connectivity index (χ1v) is 4.99. The lowest BCUT2D eigenvalue weighted by atomic mass is 10.2. The highest BCUT2D eigenvalue weighted by Gasteiger charge is 2.06. The molecule has 1 rings (SSSR count). The van der Waals surface area contributed by atoms with E-state index in [1.165, 1.54) is 0 Å². The van der Waals surface area contributed by atoms with Crippen molar-refractivity contribution in [3.05, 3.63) is 23.4 Å². The minimum absolute atomic E-state index is 0.00685. The van der Waals surface area contributed by atoms with Crippen LogP contribution in [0.15, 0.2) is 18.3 Å². The third-order valence-electron chi connectivity index (χ3n) is 1.85. The van der Waals surface area contributed by atoms with Crippen molar-refractivity contribution < 1.29 is 0 Å². The molecule has 0 spiro atoms. The van der Waals surface area contributed by atoms with Crippen LogP contribution in [0.5, 0.6) is 0 Å². The lowest BCUT2D eigenvalue weighted by molar-refractivity contribution is 0.752. The molecule has 14 heavy (non-hydrogen) atoms. The largest absolute Gasteiger partial charge is 0.355 e. The highest BCUT2D eigenvalue weighted by Crippen LogP contribution is 2.18. The van der Waals surface area contributed by atoms with Crippen molar-refractivity contribution in [1.82, 2.24) is 4.98 Å². The maximum absolute atomic E-state index is 5.93. The van der Waals surface area contributed by atoms with Crippen molar-refractivity contribution in [2.24, 2.45) is 0 Å². The van der Waals surface area contributed by atoms with E-state index in [0.717, 1.165) is 12.8 Å². The Kier molecular flexibility index (Phi) is 4.28. The molecule has 1 N–H and O–H groups in total. The molecule has 1 aromatic heterocycles. The van der Waals surface area contributed by atoms with Gasteiger partial charge in [0, 0.05) is 6.20 Å². The van der Waals surface area contributed by atoms with Gasteiger partial charge >= 0.3 is 0 Å². The lowest BCUT2D eigenvalue weighted by Gasteiger charge is -2.13. The predicted octanol–water partition coefficient (Wildman–Crippen LogP) is 2.95. The van der Waals surface area contributed by atoms with E-state index in [0.29, 0.717) is 10.8 Å². The summed E-state index contributed by atoms with van der Waals surface area (Å²) in [6.07, 6.45) is 9.02. The number of nitrogens with one attached hydrogen (secondary N) is 1. The Morgan fingerprint density at radius 2 is 2.50 bits per heavy atom. The minimum Gasteiger partial charge on any atom is -0.355 e. The second kappa shape index (κ2) is 5.51. The molecule has 0 bridgehead atoms. The molecular weight excluding hydrogens is 196 g/mol. The number of halogens is 1. The molecule has 1 unspecified atom stereocenters. The van der Waals surface area contributed by atoms with Crippen molar-refractivity contribution in [3.63, 3.8) is 0 Å². The molecule has 0 saturated carbocycles. The van der Waals surface area contributed by atoms with Crippen molar-refractivity contribution in [1.29, 1.82) is 0 Å². The summed E-state index contributed by atoms with van der Waals surface area (Å²) in [5.74, 6) is 3.33. The zero-order valence-corrected chi connectivity index (χ0v) is 8.88. The van der Waals surface area contributed by atoms with Crippen LogP contribution in [0.4, 0.5) is 5.82 Å². The number of anilines is 1. The number of hydrogen-bond acceptors (Lipinski definition) is 2. The monoisotopic (exact) mass is 208 g/mol. The highest BCUT2D eigenvalue weighted by atomic mass is 35.5. The van der Waals surface area contributed by atoms with E-state index in [2.05, 4.69) is 23.1 Å². The smallest absolute Gasteiger partial charge is 0.145 e. The van der Waals surface area contributed by atoms with Gasteiger partial charge in [-0.05, 0) is 18.6 Å². The molecule has 0 amide bonds. The van der Waals surface area contributed by atoms with Gasteiger partial charge in [0.1, 0.15) is 5.82 Å². The zero-order valence-electron chi connectivity index (χ0n) is 8.13. The van der Waals surface area contributed by atoms with E-state index in [4.69, 9.17) is 18.0 Å². The molecule has 1 atom stereocenters. The molecule has 74 valence electrons. The van der Waals surface area contributed by atoms with Crippen molar-refractivity contribution in [2.45, 2.75) is 25.8 Å². The van der Waals surface area contributed by atoms with Crippen LogP contribution in [0.25, 0.3) is 0 Å². The molecule has 1 heterocycles. The first kappa shape index (κ1) is 10.9. The predicted molar refractivity (Wildman–Crippen MR) is 60.4 cm³/mol. The lowest BCUT2D eigenvalue weighted by Crippen LogP contribution is -2.17. The number of terminal acetylenes is 1. The number of aromatic nitrogens is 1. The second-order valence-corrected chi connectivity index (χ2v) is 3.39. The van der Waals surface area contributed by atoms with Gasteiger partial charge in [-0.25, -0.2) is 4.98 Å². The van der Waals surface area contributed by atoms with E-state index in [-0.39, 0.29) is 6.04 Å². The molecule has 0 saturated heterocycles. The van der Waals surface area contributed by atoms with Crippen LogP contribution >= 0.6 is 11.6 Å². The number of rotatable bonds is 4. The Morgan fingerprint density at radius 3 is 3.07 bits per heavy atom. The summed E-state index contributed by atoms with van der Waals surface area (Å²) in [4.78, 5) is 4.11. The fourth-order valence-electron chi connectivity index (χ4n) is 1.14. The van der Waals surface area contributed by atoms with Gasteiger partial charge in [0.05, 0.1) is 11.1 Å². The summed E-state index contributed by atoms with van der Waals surface area (Å²) in [7, 11) is 0. The fraction of sp³-hybridized carbons (Fsp3) is 0.364. The van der Waals surface area contributed by atoms with Gasteiger partial charge in [0.15, 0.2) is 0 Å². The molecular formula is C11H13ClN2. The molecule has 0 aliphatic heterocycles. The van der Waals surface area contributed by atoms with Crippen LogP contribution in [-0.4, -0.2) is 11.0 Å². The average molecular weight is 209 g/mol. The zero-order chi connectivity index (χ0) is 10.4. The van der Waals surface area contributed by atoms with Gasteiger partial charge < -0.3 is 5.32 Å². The maximum atomic E-state index is 5.93. The molecule has 0 fully saturated rings. The van der Waals surface area contributed by atoms with Gasteiger partial charge in [0.2, 0.25) is 0 Å². The third kappa shape index (κ3) is 2.93. The SMILES string of the molecule is C#CC(CCC)Nc1ncccc1Cl. The summed E-state index contributed by atoms with van der Waals surface area (Å²) in [6, 6.07) is 3.58. The molecule has 2 nitrogen and oxygen atoms in total. The van der Waals surface area contributed by atoms with Crippen LogP contribution in [-0.2, 0) is 0 Å². The van der Waals surface area contributed by atoms with Gasteiger partial charge in [-0.2, -0.15) is 0 Å². The van der Waals surface area contributed by atoms with Crippen LogP contribution < -0.4 is 5.32 Å². The Labute approximate surface area is 89.7 Å². The van der Waals surface area contributed by atoms with Gasteiger partial charge in [-0.15, -0.1) is 6.42 Å². The Balaban J connectivity index is 2.68. The topological polar surface area (TPSA) is 24.9 Å². The van der Waals surface area contributed by atoms with Crippen LogP contribution in [0.3, 0.4) is 0 Å². The Bertz CT molecular complexity index is 330.